The second-order valence-electron chi connectivity index (χ2n) is 7.96. The smallest absolute Gasteiger partial charge is 0.258 e. The zero-order valence-electron chi connectivity index (χ0n) is 17.2. The summed E-state index contributed by atoms with van der Waals surface area (Å²) >= 11 is 0. The summed E-state index contributed by atoms with van der Waals surface area (Å²) in [5.74, 6) is 0.103. The third-order valence-corrected chi connectivity index (χ3v) is 5.82. The third kappa shape index (κ3) is 4.19. The van der Waals surface area contributed by atoms with Crippen LogP contribution in [0.15, 0.2) is 78.9 Å². The predicted molar refractivity (Wildman–Crippen MR) is 121 cm³/mol. The zero-order valence-corrected chi connectivity index (χ0v) is 17.2. The largest absolute Gasteiger partial charge is 0.378 e. The summed E-state index contributed by atoms with van der Waals surface area (Å²) in [7, 11) is 4.11. The molecule has 0 bridgehead atoms. The number of benzene rings is 3. The van der Waals surface area contributed by atoms with Crippen LogP contribution in [0.2, 0.25) is 0 Å². The van der Waals surface area contributed by atoms with Crippen LogP contribution in [-0.2, 0) is 12.8 Å². The van der Waals surface area contributed by atoms with Crippen LogP contribution in [0.25, 0.3) is 0 Å². The predicted octanol–water partition coefficient (Wildman–Crippen LogP) is 5.35. The molecule has 1 amide bonds. The minimum Gasteiger partial charge on any atom is -0.378 e. The van der Waals surface area contributed by atoms with Gasteiger partial charge in [-0.3, -0.25) is 4.79 Å². The van der Waals surface area contributed by atoms with Gasteiger partial charge in [0, 0.05) is 37.1 Å². The number of rotatable bonds is 5. The Hall–Kier alpha value is -3.07. The summed E-state index contributed by atoms with van der Waals surface area (Å²) in [6.07, 6.45) is 3.97. The minimum absolute atomic E-state index is 0.103. The van der Waals surface area contributed by atoms with E-state index in [0.29, 0.717) is 0 Å². The summed E-state index contributed by atoms with van der Waals surface area (Å²) in [6, 6.07) is 26.9. The molecule has 0 spiro atoms. The number of hydrogen-bond acceptors (Lipinski definition) is 2. The SMILES string of the molecule is CN(C)c1ccc(CCC2CCc3ccccc3N2C(=O)c2ccccc2)cc1. The summed E-state index contributed by atoms with van der Waals surface area (Å²) in [5.41, 5.74) is 5.62. The molecule has 0 N–H and O–H groups in total. The van der Waals surface area contributed by atoms with Crippen molar-refractivity contribution in [1.82, 2.24) is 0 Å². The highest BCUT2D eigenvalue weighted by atomic mass is 16.2. The van der Waals surface area contributed by atoms with E-state index in [-0.39, 0.29) is 11.9 Å². The Morgan fingerprint density at radius 1 is 0.931 bits per heavy atom. The molecule has 3 aromatic rings. The van der Waals surface area contributed by atoms with E-state index in [9.17, 15) is 4.79 Å². The summed E-state index contributed by atoms with van der Waals surface area (Å²) < 4.78 is 0. The van der Waals surface area contributed by atoms with E-state index in [1.165, 1.54) is 16.8 Å². The van der Waals surface area contributed by atoms with Crippen molar-refractivity contribution in [3.8, 4) is 0 Å². The van der Waals surface area contributed by atoms with Crippen molar-refractivity contribution in [2.24, 2.45) is 0 Å². The maximum Gasteiger partial charge on any atom is 0.258 e. The van der Waals surface area contributed by atoms with Crippen molar-refractivity contribution in [2.45, 2.75) is 31.7 Å². The van der Waals surface area contributed by atoms with Crippen LogP contribution >= 0.6 is 0 Å². The monoisotopic (exact) mass is 384 g/mol. The zero-order chi connectivity index (χ0) is 20.2. The Morgan fingerprint density at radius 3 is 2.34 bits per heavy atom. The van der Waals surface area contributed by atoms with E-state index in [1.54, 1.807) is 0 Å². The molecule has 1 heterocycles. The lowest BCUT2D eigenvalue weighted by atomic mass is 9.91. The number of para-hydroxylation sites is 1. The van der Waals surface area contributed by atoms with Crippen molar-refractivity contribution in [3.63, 3.8) is 0 Å². The average Bonchev–Trinajstić information content (AvgIpc) is 2.77. The summed E-state index contributed by atoms with van der Waals surface area (Å²) in [5, 5.41) is 0. The molecule has 0 aromatic heterocycles. The van der Waals surface area contributed by atoms with Gasteiger partial charge in [0.1, 0.15) is 0 Å². The Morgan fingerprint density at radius 2 is 1.62 bits per heavy atom. The molecule has 1 aliphatic heterocycles. The van der Waals surface area contributed by atoms with Crippen molar-refractivity contribution < 1.29 is 4.79 Å². The first-order chi connectivity index (χ1) is 14.1. The number of hydrogen-bond donors (Lipinski definition) is 0. The van der Waals surface area contributed by atoms with Gasteiger partial charge in [-0.1, -0.05) is 48.5 Å². The van der Waals surface area contributed by atoms with Gasteiger partial charge in [-0.15, -0.1) is 0 Å². The first-order valence-electron chi connectivity index (χ1n) is 10.4. The van der Waals surface area contributed by atoms with Crippen LogP contribution in [-0.4, -0.2) is 26.0 Å². The molecule has 0 radical (unpaired) electrons. The van der Waals surface area contributed by atoms with Gasteiger partial charge in [-0.2, -0.15) is 0 Å². The van der Waals surface area contributed by atoms with Crippen LogP contribution in [0.3, 0.4) is 0 Å². The molecule has 1 atom stereocenters. The molecule has 1 unspecified atom stereocenters. The van der Waals surface area contributed by atoms with E-state index >= 15 is 0 Å². The van der Waals surface area contributed by atoms with Crippen LogP contribution < -0.4 is 9.80 Å². The Kier molecular flexibility index (Phi) is 5.66. The molecule has 29 heavy (non-hydrogen) atoms. The van der Waals surface area contributed by atoms with Gasteiger partial charge in [0.2, 0.25) is 0 Å². The minimum atomic E-state index is 0.103. The second-order valence-corrected chi connectivity index (χ2v) is 7.96. The van der Waals surface area contributed by atoms with Gasteiger partial charge in [0.15, 0.2) is 0 Å². The molecule has 148 valence electrons. The molecule has 3 heteroatoms. The molecule has 0 fully saturated rings. The maximum atomic E-state index is 13.4. The lowest BCUT2D eigenvalue weighted by Gasteiger charge is -2.37. The van der Waals surface area contributed by atoms with Gasteiger partial charge in [0.25, 0.3) is 5.91 Å². The van der Waals surface area contributed by atoms with Crippen molar-refractivity contribution >= 4 is 17.3 Å². The first-order valence-corrected chi connectivity index (χ1v) is 10.4. The molecule has 0 saturated carbocycles. The lowest BCUT2D eigenvalue weighted by Crippen LogP contribution is -2.44. The van der Waals surface area contributed by atoms with E-state index in [4.69, 9.17) is 0 Å². The van der Waals surface area contributed by atoms with Crippen LogP contribution in [0, 0.1) is 0 Å². The highest BCUT2D eigenvalue weighted by Gasteiger charge is 2.31. The number of amides is 1. The number of nitrogens with zero attached hydrogens (tertiary/aromatic N) is 2. The fourth-order valence-corrected chi connectivity index (χ4v) is 4.17. The van der Waals surface area contributed by atoms with E-state index in [1.807, 2.05) is 41.3 Å². The number of anilines is 2. The molecular weight excluding hydrogens is 356 g/mol. The molecule has 0 saturated heterocycles. The number of carbonyl (C=O) groups excluding carboxylic acids is 1. The second kappa shape index (κ2) is 8.52. The maximum absolute atomic E-state index is 13.4. The normalized spacial score (nSPS) is 15.7. The summed E-state index contributed by atoms with van der Waals surface area (Å²) in [6.45, 7) is 0. The van der Waals surface area contributed by atoms with Crippen LogP contribution in [0.5, 0.6) is 0 Å². The van der Waals surface area contributed by atoms with Crippen molar-refractivity contribution in [3.05, 3.63) is 95.6 Å². The van der Waals surface area contributed by atoms with E-state index < -0.39 is 0 Å². The number of aryl methyl sites for hydroxylation is 2. The standard InChI is InChI=1S/C26H28N2O/c1-27(2)23-16-12-20(13-17-23)14-18-24-19-15-21-8-6-7-11-25(21)28(24)26(29)22-9-4-3-5-10-22/h3-13,16-17,24H,14-15,18-19H2,1-2H3. The fourth-order valence-electron chi connectivity index (χ4n) is 4.17. The fraction of sp³-hybridized carbons (Fsp3) is 0.269. The molecule has 0 aliphatic carbocycles. The van der Waals surface area contributed by atoms with Gasteiger partial charge in [0.05, 0.1) is 0 Å². The van der Waals surface area contributed by atoms with Crippen molar-refractivity contribution in [2.75, 3.05) is 23.9 Å². The average molecular weight is 385 g/mol. The Bertz CT molecular complexity index is 964. The third-order valence-electron chi connectivity index (χ3n) is 5.82. The lowest BCUT2D eigenvalue weighted by molar-refractivity contribution is 0.0971. The molecule has 4 rings (SSSR count). The highest BCUT2D eigenvalue weighted by molar-refractivity contribution is 6.07. The van der Waals surface area contributed by atoms with Gasteiger partial charge < -0.3 is 9.80 Å². The Balaban J connectivity index is 1.57. The van der Waals surface area contributed by atoms with Crippen LogP contribution in [0.4, 0.5) is 11.4 Å². The van der Waals surface area contributed by atoms with Gasteiger partial charge >= 0.3 is 0 Å². The van der Waals surface area contributed by atoms with E-state index in [2.05, 4.69) is 61.5 Å². The van der Waals surface area contributed by atoms with Crippen LogP contribution in [0.1, 0.15) is 34.3 Å². The Labute approximate surface area is 173 Å². The number of fused-ring (bicyclic) bond motifs is 1. The number of carbonyl (C=O) groups is 1. The molecule has 3 aromatic carbocycles. The van der Waals surface area contributed by atoms with Gasteiger partial charge in [-0.05, 0) is 67.1 Å². The first kappa shape index (κ1) is 19.3. The summed E-state index contributed by atoms with van der Waals surface area (Å²) in [4.78, 5) is 17.6. The molecular formula is C26H28N2O. The highest BCUT2D eigenvalue weighted by Crippen LogP contribution is 2.33. The van der Waals surface area contributed by atoms with Crippen molar-refractivity contribution in [1.29, 1.82) is 0 Å². The van der Waals surface area contributed by atoms with E-state index in [0.717, 1.165) is 36.9 Å². The molecule has 3 nitrogen and oxygen atoms in total. The quantitative estimate of drug-likeness (QED) is 0.592. The topological polar surface area (TPSA) is 23.6 Å². The van der Waals surface area contributed by atoms with Gasteiger partial charge in [-0.25, -0.2) is 0 Å². The molecule has 1 aliphatic rings.